The molecule has 0 bridgehead atoms. The van der Waals surface area contributed by atoms with Crippen LogP contribution in [0.25, 0.3) is 0 Å². The van der Waals surface area contributed by atoms with Gasteiger partial charge in [0, 0.05) is 18.5 Å². The summed E-state index contributed by atoms with van der Waals surface area (Å²) in [7, 11) is 0. The van der Waals surface area contributed by atoms with Crippen molar-refractivity contribution in [2.24, 2.45) is 0 Å². The summed E-state index contributed by atoms with van der Waals surface area (Å²) in [6, 6.07) is 8.79. The van der Waals surface area contributed by atoms with Crippen molar-refractivity contribution in [3.8, 4) is 11.5 Å². The van der Waals surface area contributed by atoms with Crippen LogP contribution in [0.2, 0.25) is 0 Å². The third-order valence-corrected chi connectivity index (χ3v) is 4.55. The second-order valence-corrected chi connectivity index (χ2v) is 6.52. The van der Waals surface area contributed by atoms with Crippen LogP contribution >= 0.6 is 0 Å². The van der Waals surface area contributed by atoms with E-state index in [2.05, 4.69) is 4.74 Å². The molecule has 2 atom stereocenters. The topological polar surface area (TPSA) is 59.0 Å². The summed E-state index contributed by atoms with van der Waals surface area (Å²) in [5.41, 5.74) is 0.954. The van der Waals surface area contributed by atoms with Crippen LogP contribution in [0.4, 0.5) is 17.6 Å². The normalized spacial score (nSPS) is 19.5. The molecule has 1 amide bonds. The summed E-state index contributed by atoms with van der Waals surface area (Å²) in [4.78, 5) is 13.8. The minimum atomic E-state index is -4.80. The lowest BCUT2D eigenvalue weighted by atomic mass is 10.0. The van der Waals surface area contributed by atoms with E-state index in [1.807, 2.05) is 0 Å². The fourth-order valence-corrected chi connectivity index (χ4v) is 3.35. The molecule has 1 fully saturated rings. The predicted molar refractivity (Wildman–Crippen MR) is 94.6 cm³/mol. The van der Waals surface area contributed by atoms with Gasteiger partial charge in [-0.05, 0) is 30.7 Å². The number of ether oxygens (including phenoxy) is 2. The van der Waals surface area contributed by atoms with E-state index < -0.39 is 30.2 Å². The number of rotatable bonds is 6. The maximum Gasteiger partial charge on any atom is 0.573 e. The Morgan fingerprint density at radius 2 is 1.86 bits per heavy atom. The number of aliphatic hydroxyl groups excluding tert-OH is 1. The van der Waals surface area contributed by atoms with Gasteiger partial charge >= 0.3 is 6.36 Å². The Morgan fingerprint density at radius 3 is 2.48 bits per heavy atom. The predicted octanol–water partition coefficient (Wildman–Crippen LogP) is 3.96. The fraction of sp³-hybridized carbons (Fsp3) is 0.350. The zero-order valence-electron chi connectivity index (χ0n) is 15.4. The average Bonchev–Trinajstić information content (AvgIpc) is 2.92. The van der Waals surface area contributed by atoms with E-state index in [-0.39, 0.29) is 31.1 Å². The van der Waals surface area contributed by atoms with E-state index in [4.69, 9.17) is 4.74 Å². The minimum Gasteiger partial charge on any atom is -0.490 e. The molecule has 0 saturated carbocycles. The van der Waals surface area contributed by atoms with Crippen LogP contribution < -0.4 is 9.47 Å². The lowest BCUT2D eigenvalue weighted by Gasteiger charge is -2.26. The SMILES string of the molecule is CCOc1c(F)cccc1C1CC(O)C(=O)N1Cc1ccc(OC(F)(F)F)cc1. The van der Waals surface area contributed by atoms with Crippen LogP contribution in [0.15, 0.2) is 42.5 Å². The second-order valence-electron chi connectivity index (χ2n) is 6.52. The Labute approximate surface area is 164 Å². The van der Waals surface area contributed by atoms with Crippen LogP contribution in [-0.2, 0) is 11.3 Å². The van der Waals surface area contributed by atoms with E-state index >= 15 is 0 Å². The van der Waals surface area contributed by atoms with Crippen molar-refractivity contribution in [3.05, 3.63) is 59.4 Å². The number of aliphatic hydroxyl groups is 1. The first-order valence-electron chi connectivity index (χ1n) is 8.94. The maximum atomic E-state index is 14.2. The van der Waals surface area contributed by atoms with Crippen LogP contribution in [0.1, 0.15) is 30.5 Å². The lowest BCUT2D eigenvalue weighted by molar-refractivity contribution is -0.274. The van der Waals surface area contributed by atoms with Crippen molar-refractivity contribution >= 4 is 5.91 Å². The second kappa shape index (κ2) is 8.28. The fourth-order valence-electron chi connectivity index (χ4n) is 3.35. The molecule has 2 aromatic carbocycles. The molecule has 2 aromatic rings. The Bertz CT molecular complexity index is 870. The van der Waals surface area contributed by atoms with Gasteiger partial charge in [-0.25, -0.2) is 4.39 Å². The van der Waals surface area contributed by atoms with Crippen molar-refractivity contribution in [1.29, 1.82) is 0 Å². The van der Waals surface area contributed by atoms with Crippen molar-refractivity contribution in [2.45, 2.75) is 38.4 Å². The molecule has 5 nitrogen and oxygen atoms in total. The zero-order chi connectivity index (χ0) is 21.2. The summed E-state index contributed by atoms with van der Waals surface area (Å²) in [6.45, 7) is 1.94. The number of halogens is 4. The van der Waals surface area contributed by atoms with Crippen molar-refractivity contribution in [3.63, 3.8) is 0 Å². The number of nitrogens with zero attached hydrogens (tertiary/aromatic N) is 1. The van der Waals surface area contributed by atoms with Gasteiger partial charge in [-0.1, -0.05) is 24.3 Å². The summed E-state index contributed by atoms with van der Waals surface area (Å²) < 4.78 is 60.3. The highest BCUT2D eigenvalue weighted by atomic mass is 19.4. The Kier molecular flexibility index (Phi) is 5.97. The third kappa shape index (κ3) is 4.79. The first kappa shape index (κ1) is 20.9. The smallest absolute Gasteiger partial charge is 0.490 e. The maximum absolute atomic E-state index is 14.2. The Hall–Kier alpha value is -2.81. The highest BCUT2D eigenvalue weighted by Crippen LogP contribution is 2.40. The number of amides is 1. The van der Waals surface area contributed by atoms with Crippen molar-refractivity contribution in [2.75, 3.05) is 6.61 Å². The van der Waals surface area contributed by atoms with Crippen LogP contribution in [0, 0.1) is 5.82 Å². The van der Waals surface area contributed by atoms with Gasteiger partial charge in [0.2, 0.25) is 0 Å². The van der Waals surface area contributed by atoms with E-state index in [0.717, 1.165) is 12.1 Å². The first-order valence-corrected chi connectivity index (χ1v) is 8.94. The minimum absolute atomic E-state index is 0.0147. The Balaban J connectivity index is 1.86. The molecule has 3 rings (SSSR count). The first-order chi connectivity index (χ1) is 13.7. The molecule has 156 valence electrons. The molecule has 1 aliphatic heterocycles. The van der Waals surface area contributed by atoms with Gasteiger partial charge in [-0.15, -0.1) is 13.2 Å². The van der Waals surface area contributed by atoms with Gasteiger partial charge in [-0.3, -0.25) is 4.79 Å². The highest BCUT2D eigenvalue weighted by Gasteiger charge is 2.40. The number of hydrogen-bond donors (Lipinski definition) is 1. The highest BCUT2D eigenvalue weighted by molar-refractivity contribution is 5.83. The largest absolute Gasteiger partial charge is 0.573 e. The molecule has 1 aliphatic rings. The molecule has 0 aliphatic carbocycles. The summed E-state index contributed by atoms with van der Waals surface area (Å²) >= 11 is 0. The number of para-hydroxylation sites is 1. The number of carbonyl (C=O) groups is 1. The number of alkyl halides is 3. The van der Waals surface area contributed by atoms with Crippen molar-refractivity contribution in [1.82, 2.24) is 4.90 Å². The van der Waals surface area contributed by atoms with Crippen molar-refractivity contribution < 1.29 is 36.9 Å². The monoisotopic (exact) mass is 413 g/mol. The van der Waals surface area contributed by atoms with Gasteiger partial charge in [-0.2, -0.15) is 0 Å². The molecule has 0 radical (unpaired) electrons. The quantitative estimate of drug-likeness (QED) is 0.729. The number of carbonyl (C=O) groups excluding carboxylic acids is 1. The molecule has 2 unspecified atom stereocenters. The van der Waals surface area contributed by atoms with E-state index in [1.54, 1.807) is 13.0 Å². The Morgan fingerprint density at radius 1 is 1.17 bits per heavy atom. The van der Waals surface area contributed by atoms with Gasteiger partial charge in [0.15, 0.2) is 11.6 Å². The van der Waals surface area contributed by atoms with E-state index in [1.165, 1.54) is 29.2 Å². The standard InChI is InChI=1S/C20H19F4NO4/c1-2-28-18-14(4-3-5-15(18)21)16-10-17(26)19(27)25(16)11-12-6-8-13(9-7-12)29-20(22,23)24/h3-9,16-17,26H,2,10-11H2,1H3. The van der Waals surface area contributed by atoms with E-state index in [0.29, 0.717) is 11.1 Å². The molecule has 0 spiro atoms. The van der Waals surface area contributed by atoms with Gasteiger partial charge in [0.05, 0.1) is 12.6 Å². The molecule has 1 heterocycles. The van der Waals surface area contributed by atoms with Gasteiger partial charge in [0.25, 0.3) is 5.91 Å². The number of likely N-dealkylation sites (tertiary alicyclic amines) is 1. The number of benzene rings is 2. The molecular weight excluding hydrogens is 394 g/mol. The van der Waals surface area contributed by atoms with Gasteiger partial charge in [0.1, 0.15) is 11.9 Å². The lowest BCUT2D eigenvalue weighted by Crippen LogP contribution is -2.30. The van der Waals surface area contributed by atoms with Crippen LogP contribution in [-0.4, -0.2) is 35.0 Å². The molecular formula is C20H19F4NO4. The molecule has 1 N–H and O–H groups in total. The third-order valence-electron chi connectivity index (χ3n) is 4.55. The molecule has 1 saturated heterocycles. The molecule has 0 aromatic heterocycles. The van der Waals surface area contributed by atoms with Crippen LogP contribution in [0.5, 0.6) is 11.5 Å². The van der Waals surface area contributed by atoms with Crippen LogP contribution in [0.3, 0.4) is 0 Å². The molecule has 29 heavy (non-hydrogen) atoms. The van der Waals surface area contributed by atoms with Gasteiger partial charge < -0.3 is 19.5 Å². The summed E-state index contributed by atoms with van der Waals surface area (Å²) in [5.74, 6) is -1.49. The average molecular weight is 413 g/mol. The summed E-state index contributed by atoms with van der Waals surface area (Å²) in [5, 5.41) is 10.1. The zero-order valence-corrected chi connectivity index (χ0v) is 15.4. The number of hydrogen-bond acceptors (Lipinski definition) is 4. The van der Waals surface area contributed by atoms with E-state index in [9.17, 15) is 27.5 Å². The molecule has 9 heteroatoms. The summed E-state index contributed by atoms with van der Waals surface area (Å²) in [6.07, 6.45) is -6.00.